The van der Waals surface area contributed by atoms with Gasteiger partial charge in [-0.2, -0.15) is 0 Å². The van der Waals surface area contributed by atoms with Gasteiger partial charge in [0, 0.05) is 31.7 Å². The largest absolute Gasteiger partial charge is 0.352 e. The van der Waals surface area contributed by atoms with Crippen LogP contribution in [0.15, 0.2) is 52.5 Å². The second kappa shape index (κ2) is 7.72. The van der Waals surface area contributed by atoms with E-state index < -0.39 is 5.79 Å². The Labute approximate surface area is 139 Å². The molecular formula is C17H20BrNO3. The van der Waals surface area contributed by atoms with Crippen LogP contribution in [0.3, 0.4) is 0 Å². The predicted octanol–water partition coefficient (Wildman–Crippen LogP) is 2.94. The number of halogens is 1. The molecule has 2 rings (SSSR count). The summed E-state index contributed by atoms with van der Waals surface area (Å²) in [6.07, 6.45) is 4.76. The number of ether oxygens (including phenoxy) is 2. The minimum atomic E-state index is -0.726. The molecule has 1 aliphatic rings. The molecule has 0 saturated carbocycles. The number of carbonyl (C=O) groups is 1. The first-order valence-electron chi connectivity index (χ1n) is 7.06. The van der Waals surface area contributed by atoms with Gasteiger partial charge in [0.1, 0.15) is 0 Å². The maximum atomic E-state index is 12.0. The highest BCUT2D eigenvalue weighted by atomic mass is 79.9. The lowest BCUT2D eigenvalue weighted by Crippen LogP contribution is -2.34. The average Bonchev–Trinajstić information content (AvgIpc) is 2.54. The molecule has 0 saturated heterocycles. The number of methoxy groups -OCH3 is 2. The van der Waals surface area contributed by atoms with Crippen LogP contribution in [0.25, 0.3) is 0 Å². The van der Waals surface area contributed by atoms with Gasteiger partial charge in [-0.15, -0.1) is 0 Å². The fraction of sp³-hybridized carbons (Fsp3) is 0.353. The summed E-state index contributed by atoms with van der Waals surface area (Å²) in [7, 11) is 3.22. The molecule has 5 heteroatoms. The zero-order chi connectivity index (χ0) is 16.0. The third-order valence-electron chi connectivity index (χ3n) is 3.66. The first kappa shape index (κ1) is 16.9. The number of nitrogens with one attached hydrogen (secondary N) is 1. The molecule has 0 atom stereocenters. The smallest absolute Gasteiger partial charge is 0.224 e. The van der Waals surface area contributed by atoms with Gasteiger partial charge in [0.2, 0.25) is 5.91 Å². The van der Waals surface area contributed by atoms with Crippen LogP contribution in [0.1, 0.15) is 12.0 Å². The SMILES string of the molecule is COC1(OC)C=CC(CNC(=O)Cc2ccccc2)=C(Br)C1. The van der Waals surface area contributed by atoms with Crippen LogP contribution in [-0.4, -0.2) is 32.5 Å². The first-order valence-corrected chi connectivity index (χ1v) is 7.85. The number of hydrogen-bond acceptors (Lipinski definition) is 3. The number of benzene rings is 1. The van der Waals surface area contributed by atoms with E-state index in [0.29, 0.717) is 19.4 Å². The van der Waals surface area contributed by atoms with Crippen molar-refractivity contribution in [1.29, 1.82) is 0 Å². The number of rotatable bonds is 6. The molecule has 1 aliphatic carbocycles. The van der Waals surface area contributed by atoms with Gasteiger partial charge in [-0.1, -0.05) is 52.3 Å². The minimum absolute atomic E-state index is 0.00252. The maximum Gasteiger partial charge on any atom is 0.224 e. The Morgan fingerprint density at radius 3 is 2.55 bits per heavy atom. The molecule has 4 nitrogen and oxygen atoms in total. The molecule has 1 amide bonds. The van der Waals surface area contributed by atoms with Crippen molar-refractivity contribution in [3.63, 3.8) is 0 Å². The summed E-state index contributed by atoms with van der Waals surface area (Å²) >= 11 is 3.55. The van der Waals surface area contributed by atoms with E-state index in [1.165, 1.54) is 0 Å². The molecule has 0 fully saturated rings. The van der Waals surface area contributed by atoms with E-state index in [2.05, 4.69) is 21.2 Å². The average molecular weight is 366 g/mol. The quantitative estimate of drug-likeness (QED) is 0.788. The predicted molar refractivity (Wildman–Crippen MR) is 89.6 cm³/mol. The Balaban J connectivity index is 1.90. The van der Waals surface area contributed by atoms with E-state index >= 15 is 0 Å². The van der Waals surface area contributed by atoms with Crippen molar-refractivity contribution < 1.29 is 14.3 Å². The summed E-state index contributed by atoms with van der Waals surface area (Å²) in [4.78, 5) is 12.0. The molecule has 0 aromatic heterocycles. The highest BCUT2D eigenvalue weighted by Gasteiger charge is 2.30. The van der Waals surface area contributed by atoms with Crippen LogP contribution >= 0.6 is 15.9 Å². The van der Waals surface area contributed by atoms with Crippen molar-refractivity contribution in [2.45, 2.75) is 18.6 Å². The van der Waals surface area contributed by atoms with Crippen molar-refractivity contribution in [1.82, 2.24) is 5.32 Å². The van der Waals surface area contributed by atoms with E-state index in [1.807, 2.05) is 42.5 Å². The second-order valence-electron chi connectivity index (χ2n) is 5.10. The Bertz CT molecular complexity index is 577. The lowest BCUT2D eigenvalue weighted by atomic mass is 10.0. The molecule has 1 aromatic rings. The first-order chi connectivity index (χ1) is 10.6. The zero-order valence-corrected chi connectivity index (χ0v) is 14.4. The highest BCUT2D eigenvalue weighted by Crippen LogP contribution is 2.33. The van der Waals surface area contributed by atoms with Crippen LogP contribution in [0.2, 0.25) is 0 Å². The molecule has 0 heterocycles. The van der Waals surface area contributed by atoms with Gasteiger partial charge < -0.3 is 14.8 Å². The molecule has 118 valence electrons. The molecular weight excluding hydrogens is 346 g/mol. The number of hydrogen-bond donors (Lipinski definition) is 1. The molecule has 0 spiro atoms. The molecule has 0 unspecified atom stereocenters. The second-order valence-corrected chi connectivity index (χ2v) is 6.06. The van der Waals surface area contributed by atoms with Crippen molar-refractivity contribution in [2.75, 3.05) is 20.8 Å². The van der Waals surface area contributed by atoms with E-state index in [0.717, 1.165) is 15.6 Å². The standard InChI is InChI=1S/C17H20BrNO3/c1-21-17(22-2)9-8-14(15(18)11-17)12-19-16(20)10-13-6-4-3-5-7-13/h3-9H,10-12H2,1-2H3,(H,19,20). The van der Waals surface area contributed by atoms with Crippen molar-refractivity contribution >= 4 is 21.8 Å². The van der Waals surface area contributed by atoms with Gasteiger partial charge in [-0.3, -0.25) is 4.79 Å². The number of amides is 1. The number of carbonyl (C=O) groups excluding carboxylic acids is 1. The Kier molecular flexibility index (Phi) is 5.94. The molecule has 0 bridgehead atoms. The minimum Gasteiger partial charge on any atom is -0.352 e. The fourth-order valence-corrected chi connectivity index (χ4v) is 2.93. The molecule has 22 heavy (non-hydrogen) atoms. The summed E-state index contributed by atoms with van der Waals surface area (Å²) in [5.74, 6) is -0.723. The van der Waals surface area contributed by atoms with Crippen molar-refractivity contribution in [3.8, 4) is 0 Å². The summed E-state index contributed by atoms with van der Waals surface area (Å²) in [6.45, 7) is 0.478. The molecule has 1 aromatic carbocycles. The van der Waals surface area contributed by atoms with Crippen LogP contribution in [-0.2, 0) is 20.7 Å². The molecule has 1 N–H and O–H groups in total. The Hall–Kier alpha value is -1.43. The van der Waals surface area contributed by atoms with Crippen LogP contribution < -0.4 is 5.32 Å². The van der Waals surface area contributed by atoms with Gasteiger partial charge in [0.25, 0.3) is 0 Å². The lowest BCUT2D eigenvalue weighted by molar-refractivity contribution is -0.168. The monoisotopic (exact) mass is 365 g/mol. The van der Waals surface area contributed by atoms with E-state index in [1.54, 1.807) is 14.2 Å². The molecule has 0 aliphatic heterocycles. The summed E-state index contributed by atoms with van der Waals surface area (Å²) < 4.78 is 11.8. The summed E-state index contributed by atoms with van der Waals surface area (Å²) in [5.41, 5.74) is 2.02. The molecule has 0 radical (unpaired) electrons. The van der Waals surface area contributed by atoms with E-state index in [-0.39, 0.29) is 5.91 Å². The fourth-order valence-electron chi connectivity index (χ4n) is 2.26. The van der Waals surface area contributed by atoms with Gasteiger partial charge in [0.05, 0.1) is 6.42 Å². The third kappa shape index (κ3) is 4.29. The summed E-state index contributed by atoms with van der Waals surface area (Å²) in [5, 5.41) is 2.93. The maximum absolute atomic E-state index is 12.0. The normalized spacial score (nSPS) is 16.7. The van der Waals surface area contributed by atoms with Crippen LogP contribution in [0, 0.1) is 0 Å². The third-order valence-corrected chi connectivity index (χ3v) is 4.45. The lowest BCUT2D eigenvalue weighted by Gasteiger charge is -2.31. The summed E-state index contributed by atoms with van der Waals surface area (Å²) in [6, 6.07) is 9.69. The van der Waals surface area contributed by atoms with Gasteiger partial charge in [-0.25, -0.2) is 0 Å². The van der Waals surface area contributed by atoms with Gasteiger partial charge >= 0.3 is 0 Å². The zero-order valence-electron chi connectivity index (χ0n) is 12.8. The van der Waals surface area contributed by atoms with Crippen molar-refractivity contribution in [2.24, 2.45) is 0 Å². The van der Waals surface area contributed by atoms with Crippen LogP contribution in [0.5, 0.6) is 0 Å². The van der Waals surface area contributed by atoms with E-state index in [4.69, 9.17) is 9.47 Å². The van der Waals surface area contributed by atoms with E-state index in [9.17, 15) is 4.79 Å². The topological polar surface area (TPSA) is 47.6 Å². The Morgan fingerprint density at radius 2 is 1.95 bits per heavy atom. The van der Waals surface area contributed by atoms with Crippen LogP contribution in [0.4, 0.5) is 0 Å². The van der Waals surface area contributed by atoms with Gasteiger partial charge in [-0.05, 0) is 17.2 Å². The van der Waals surface area contributed by atoms with Gasteiger partial charge in [0.15, 0.2) is 5.79 Å². The Morgan fingerprint density at radius 1 is 1.27 bits per heavy atom. The van der Waals surface area contributed by atoms with Crippen molar-refractivity contribution in [3.05, 3.63) is 58.1 Å². The highest BCUT2D eigenvalue weighted by molar-refractivity contribution is 9.11.